The molecule has 0 saturated heterocycles. The zero-order valence-corrected chi connectivity index (χ0v) is 17.0. The average Bonchev–Trinajstić information content (AvgIpc) is 2.73. The van der Waals surface area contributed by atoms with Gasteiger partial charge in [-0.2, -0.15) is 0 Å². The predicted molar refractivity (Wildman–Crippen MR) is 117 cm³/mol. The number of halogens is 1. The molecular formula is C23H20ClN5. The van der Waals surface area contributed by atoms with Gasteiger partial charge >= 0.3 is 0 Å². The first-order valence-corrected chi connectivity index (χ1v) is 9.68. The Morgan fingerprint density at radius 2 is 1.79 bits per heavy atom. The van der Waals surface area contributed by atoms with Crippen molar-refractivity contribution in [1.29, 1.82) is 0 Å². The zero-order valence-electron chi connectivity index (χ0n) is 16.2. The van der Waals surface area contributed by atoms with Gasteiger partial charge in [-0.25, -0.2) is 9.97 Å². The third-order valence-corrected chi connectivity index (χ3v) is 4.94. The summed E-state index contributed by atoms with van der Waals surface area (Å²) in [5, 5.41) is 4.01. The van der Waals surface area contributed by atoms with Crippen LogP contribution in [0.15, 0.2) is 67.3 Å². The zero-order chi connectivity index (χ0) is 20.2. The SMILES string of the molecule is Cc1cnccc1-c1cnc(NCc2cccc(Cl)c2)nc1-c1cccnc1C. The van der Waals surface area contributed by atoms with E-state index in [0.717, 1.165) is 39.2 Å². The molecule has 5 nitrogen and oxygen atoms in total. The van der Waals surface area contributed by atoms with E-state index in [0.29, 0.717) is 17.5 Å². The van der Waals surface area contributed by atoms with Crippen LogP contribution in [0.5, 0.6) is 0 Å². The van der Waals surface area contributed by atoms with Crippen LogP contribution in [0, 0.1) is 13.8 Å². The summed E-state index contributed by atoms with van der Waals surface area (Å²) in [7, 11) is 0. The van der Waals surface area contributed by atoms with E-state index < -0.39 is 0 Å². The summed E-state index contributed by atoms with van der Waals surface area (Å²) in [6, 6.07) is 13.7. The second-order valence-electron chi connectivity index (χ2n) is 6.77. The molecule has 0 aliphatic heterocycles. The fourth-order valence-electron chi connectivity index (χ4n) is 3.21. The monoisotopic (exact) mass is 401 g/mol. The number of nitrogens with one attached hydrogen (secondary N) is 1. The average molecular weight is 402 g/mol. The molecule has 0 fully saturated rings. The molecule has 0 unspecified atom stereocenters. The number of aromatic nitrogens is 4. The Hall–Kier alpha value is -3.31. The summed E-state index contributed by atoms with van der Waals surface area (Å²) in [4.78, 5) is 18.0. The van der Waals surface area contributed by atoms with Crippen LogP contribution in [-0.2, 0) is 6.54 Å². The maximum atomic E-state index is 6.08. The van der Waals surface area contributed by atoms with E-state index in [1.807, 2.05) is 68.7 Å². The number of hydrogen-bond acceptors (Lipinski definition) is 5. The first-order chi connectivity index (χ1) is 14.1. The predicted octanol–water partition coefficient (Wildman–Crippen LogP) is 5.48. The van der Waals surface area contributed by atoms with E-state index in [-0.39, 0.29) is 0 Å². The molecule has 0 saturated carbocycles. The van der Waals surface area contributed by atoms with Gasteiger partial charge in [0.15, 0.2) is 0 Å². The van der Waals surface area contributed by atoms with Crippen molar-refractivity contribution in [3.8, 4) is 22.4 Å². The van der Waals surface area contributed by atoms with Crippen molar-refractivity contribution in [2.75, 3.05) is 5.32 Å². The second-order valence-corrected chi connectivity index (χ2v) is 7.20. The van der Waals surface area contributed by atoms with E-state index in [9.17, 15) is 0 Å². The van der Waals surface area contributed by atoms with Crippen LogP contribution in [0.3, 0.4) is 0 Å². The largest absolute Gasteiger partial charge is 0.350 e. The van der Waals surface area contributed by atoms with Crippen LogP contribution in [0.1, 0.15) is 16.8 Å². The summed E-state index contributed by atoms with van der Waals surface area (Å²) < 4.78 is 0. The molecule has 0 atom stereocenters. The lowest BCUT2D eigenvalue weighted by atomic mass is 9.98. The van der Waals surface area contributed by atoms with Crippen LogP contribution in [0.25, 0.3) is 22.4 Å². The number of nitrogens with zero attached hydrogens (tertiary/aromatic N) is 4. The molecule has 3 aromatic heterocycles. The summed E-state index contributed by atoms with van der Waals surface area (Å²) in [6.45, 7) is 4.60. The summed E-state index contributed by atoms with van der Waals surface area (Å²) in [5.41, 5.74) is 6.88. The number of benzene rings is 1. The van der Waals surface area contributed by atoms with Crippen LogP contribution in [0.4, 0.5) is 5.95 Å². The van der Waals surface area contributed by atoms with E-state index in [4.69, 9.17) is 16.6 Å². The lowest BCUT2D eigenvalue weighted by Crippen LogP contribution is -2.06. The van der Waals surface area contributed by atoms with Gasteiger partial charge in [-0.1, -0.05) is 23.7 Å². The summed E-state index contributed by atoms with van der Waals surface area (Å²) >= 11 is 6.08. The topological polar surface area (TPSA) is 63.6 Å². The molecule has 0 bridgehead atoms. The molecule has 29 heavy (non-hydrogen) atoms. The lowest BCUT2D eigenvalue weighted by molar-refractivity contribution is 1.05. The fourth-order valence-corrected chi connectivity index (χ4v) is 3.42. The quantitative estimate of drug-likeness (QED) is 0.479. The fraction of sp³-hybridized carbons (Fsp3) is 0.130. The number of pyridine rings is 2. The minimum atomic E-state index is 0.554. The van der Waals surface area contributed by atoms with Gasteiger partial charge in [0.1, 0.15) is 0 Å². The third-order valence-electron chi connectivity index (χ3n) is 4.70. The number of anilines is 1. The molecule has 1 N–H and O–H groups in total. The van der Waals surface area contributed by atoms with E-state index in [1.54, 1.807) is 12.4 Å². The van der Waals surface area contributed by atoms with Gasteiger partial charge in [-0.3, -0.25) is 9.97 Å². The highest BCUT2D eigenvalue weighted by Gasteiger charge is 2.15. The Bertz CT molecular complexity index is 1160. The van der Waals surface area contributed by atoms with Crippen LogP contribution in [0.2, 0.25) is 5.02 Å². The van der Waals surface area contributed by atoms with Crippen molar-refractivity contribution in [2.45, 2.75) is 20.4 Å². The molecule has 0 spiro atoms. The maximum absolute atomic E-state index is 6.08. The van der Waals surface area contributed by atoms with Gasteiger partial charge in [0, 0.05) is 53.2 Å². The van der Waals surface area contributed by atoms with Crippen molar-refractivity contribution >= 4 is 17.5 Å². The van der Waals surface area contributed by atoms with Crippen molar-refractivity contribution in [1.82, 2.24) is 19.9 Å². The van der Waals surface area contributed by atoms with Crippen molar-refractivity contribution in [3.63, 3.8) is 0 Å². The van der Waals surface area contributed by atoms with Gasteiger partial charge in [0.25, 0.3) is 0 Å². The third kappa shape index (κ3) is 4.25. The molecule has 6 heteroatoms. The number of hydrogen-bond donors (Lipinski definition) is 1. The molecule has 3 heterocycles. The van der Waals surface area contributed by atoms with Crippen molar-refractivity contribution in [3.05, 3.63) is 89.1 Å². The maximum Gasteiger partial charge on any atom is 0.223 e. The van der Waals surface area contributed by atoms with Crippen molar-refractivity contribution < 1.29 is 0 Å². The first kappa shape index (κ1) is 19.0. The smallest absolute Gasteiger partial charge is 0.223 e. The van der Waals surface area contributed by atoms with Crippen molar-refractivity contribution in [2.24, 2.45) is 0 Å². The normalized spacial score (nSPS) is 10.7. The first-order valence-electron chi connectivity index (χ1n) is 9.30. The van der Waals surface area contributed by atoms with Gasteiger partial charge < -0.3 is 5.32 Å². The van der Waals surface area contributed by atoms with E-state index in [1.165, 1.54) is 0 Å². The molecule has 1 aromatic carbocycles. The van der Waals surface area contributed by atoms with Gasteiger partial charge in [0.2, 0.25) is 5.95 Å². The van der Waals surface area contributed by atoms with Crippen LogP contribution in [-0.4, -0.2) is 19.9 Å². The van der Waals surface area contributed by atoms with Crippen LogP contribution >= 0.6 is 11.6 Å². The molecule has 0 aliphatic carbocycles. The molecular weight excluding hydrogens is 382 g/mol. The Kier molecular flexibility index (Phi) is 5.49. The molecule has 4 aromatic rings. The van der Waals surface area contributed by atoms with E-state index >= 15 is 0 Å². The summed E-state index contributed by atoms with van der Waals surface area (Å²) in [5.74, 6) is 0.554. The number of rotatable bonds is 5. The molecule has 0 radical (unpaired) electrons. The Labute approximate surface area is 174 Å². The minimum absolute atomic E-state index is 0.554. The standard InChI is InChI=1S/C23H20ClN5/c1-15-12-25-10-8-19(15)21-14-28-23(27-13-17-5-3-6-18(24)11-17)29-22(21)20-7-4-9-26-16(20)2/h3-12,14H,13H2,1-2H3,(H,27,28,29). The highest BCUT2D eigenvalue weighted by molar-refractivity contribution is 6.30. The summed E-state index contributed by atoms with van der Waals surface area (Å²) in [6.07, 6.45) is 7.28. The van der Waals surface area contributed by atoms with Crippen LogP contribution < -0.4 is 5.32 Å². The van der Waals surface area contributed by atoms with Gasteiger partial charge in [0.05, 0.1) is 5.69 Å². The lowest BCUT2D eigenvalue weighted by Gasteiger charge is -2.14. The van der Waals surface area contributed by atoms with Gasteiger partial charge in [-0.05, 0) is 60.9 Å². The Morgan fingerprint density at radius 3 is 2.59 bits per heavy atom. The Balaban J connectivity index is 1.75. The molecule has 4 rings (SSSR count). The highest BCUT2D eigenvalue weighted by Crippen LogP contribution is 2.33. The molecule has 144 valence electrons. The van der Waals surface area contributed by atoms with E-state index in [2.05, 4.69) is 20.3 Å². The molecule has 0 amide bonds. The van der Waals surface area contributed by atoms with Gasteiger partial charge in [-0.15, -0.1) is 0 Å². The number of aryl methyl sites for hydroxylation is 2. The minimum Gasteiger partial charge on any atom is -0.350 e. The second kappa shape index (κ2) is 8.37. The Morgan fingerprint density at radius 1 is 0.897 bits per heavy atom. The highest BCUT2D eigenvalue weighted by atomic mass is 35.5. The molecule has 0 aliphatic rings.